The Kier molecular flexibility index (Phi) is 7.37. The molecular weight excluding hydrogens is 372 g/mol. The van der Waals surface area contributed by atoms with Gasteiger partial charge in [0.05, 0.1) is 11.7 Å². The van der Waals surface area contributed by atoms with Gasteiger partial charge in [-0.15, -0.1) is 0 Å². The molecule has 6 atom stereocenters. The third-order valence-corrected chi connectivity index (χ3v) is 8.48. The number of hydrogen-bond acceptors (Lipinski definition) is 3. The van der Waals surface area contributed by atoms with Gasteiger partial charge in [0, 0.05) is 0 Å². The lowest BCUT2D eigenvalue weighted by molar-refractivity contribution is 0.0299. The molecule has 0 aromatic rings. The molecule has 3 aliphatic carbocycles. The summed E-state index contributed by atoms with van der Waals surface area (Å²) in [5.74, 6) is 2.07. The van der Waals surface area contributed by atoms with Crippen LogP contribution in [0.4, 0.5) is 0 Å². The molecule has 3 nitrogen and oxygen atoms in total. The lowest BCUT2D eigenvalue weighted by Crippen LogP contribution is -2.36. The van der Waals surface area contributed by atoms with Gasteiger partial charge in [-0.2, -0.15) is 0 Å². The van der Waals surface area contributed by atoms with Crippen LogP contribution in [-0.4, -0.2) is 33.1 Å². The average Bonchev–Trinajstić information content (AvgIpc) is 3.01. The molecule has 0 heterocycles. The molecule has 3 saturated carbocycles. The van der Waals surface area contributed by atoms with Gasteiger partial charge >= 0.3 is 0 Å². The van der Waals surface area contributed by atoms with Crippen LogP contribution in [0.2, 0.25) is 0 Å². The molecule has 30 heavy (non-hydrogen) atoms. The monoisotopic (exact) mass is 416 g/mol. The third-order valence-electron chi connectivity index (χ3n) is 8.48. The molecule has 0 bridgehead atoms. The predicted octanol–water partition coefficient (Wildman–Crippen LogP) is 5.70. The fraction of sp³-hybridized carbons (Fsp3) is 0.778. The Balaban J connectivity index is 1.72. The van der Waals surface area contributed by atoms with Crippen LogP contribution in [0.3, 0.4) is 0 Å². The first kappa shape index (κ1) is 23.8. The van der Waals surface area contributed by atoms with Gasteiger partial charge in [0.15, 0.2) is 0 Å². The summed E-state index contributed by atoms with van der Waals surface area (Å²) in [5, 5.41) is 30.5. The standard InChI is InChI=1S/C27H44O3/c1-18-10-15-24(28)25(29)21(18)12-11-20-9-7-17-27(5)22(13-14-23(20)27)19(2)8-6-16-26(3,4)30/h11-12,19,22-25,28-30H,1,6-10,13-17H2,2-5H3/b20-11+,21-12+/t19-,22?,23?,24-,25?,27?/m1/s1. The van der Waals surface area contributed by atoms with Gasteiger partial charge in [0.1, 0.15) is 6.10 Å². The highest BCUT2D eigenvalue weighted by Crippen LogP contribution is 2.60. The molecule has 0 amide bonds. The van der Waals surface area contributed by atoms with Gasteiger partial charge in [-0.25, -0.2) is 0 Å². The Morgan fingerprint density at radius 1 is 1.17 bits per heavy atom. The zero-order valence-corrected chi connectivity index (χ0v) is 19.7. The molecule has 0 aromatic heterocycles. The summed E-state index contributed by atoms with van der Waals surface area (Å²) in [5.41, 5.74) is 3.12. The van der Waals surface area contributed by atoms with Crippen molar-refractivity contribution in [2.75, 3.05) is 0 Å². The Bertz CT molecular complexity index is 683. The van der Waals surface area contributed by atoms with E-state index in [0.717, 1.165) is 42.7 Å². The Labute approximate surface area is 184 Å². The van der Waals surface area contributed by atoms with Gasteiger partial charge in [0.2, 0.25) is 0 Å². The Morgan fingerprint density at radius 2 is 1.90 bits per heavy atom. The first-order valence-corrected chi connectivity index (χ1v) is 12.2. The van der Waals surface area contributed by atoms with Crippen molar-refractivity contribution in [3.05, 3.63) is 35.5 Å². The van der Waals surface area contributed by atoms with E-state index in [1.54, 1.807) is 0 Å². The van der Waals surface area contributed by atoms with E-state index >= 15 is 0 Å². The molecule has 3 N–H and O–H groups in total. The van der Waals surface area contributed by atoms with E-state index in [1.807, 2.05) is 13.8 Å². The first-order chi connectivity index (χ1) is 14.0. The minimum Gasteiger partial charge on any atom is -0.390 e. The minimum atomic E-state index is -0.801. The molecule has 170 valence electrons. The summed E-state index contributed by atoms with van der Waals surface area (Å²) < 4.78 is 0. The zero-order valence-electron chi connectivity index (χ0n) is 19.7. The van der Waals surface area contributed by atoms with Crippen LogP contribution in [-0.2, 0) is 0 Å². The van der Waals surface area contributed by atoms with E-state index in [0.29, 0.717) is 23.7 Å². The molecule has 4 unspecified atom stereocenters. The molecule has 0 aliphatic heterocycles. The van der Waals surface area contributed by atoms with Gasteiger partial charge in [0.25, 0.3) is 0 Å². The fourth-order valence-corrected chi connectivity index (χ4v) is 6.73. The smallest absolute Gasteiger partial charge is 0.105 e. The van der Waals surface area contributed by atoms with E-state index < -0.39 is 17.8 Å². The van der Waals surface area contributed by atoms with Crippen LogP contribution in [0.5, 0.6) is 0 Å². The maximum Gasteiger partial charge on any atom is 0.105 e. The highest BCUT2D eigenvalue weighted by molar-refractivity contribution is 5.39. The molecular formula is C27H44O3. The van der Waals surface area contributed by atoms with Crippen LogP contribution < -0.4 is 0 Å². The van der Waals surface area contributed by atoms with E-state index in [9.17, 15) is 15.3 Å². The van der Waals surface area contributed by atoms with Crippen molar-refractivity contribution in [3.63, 3.8) is 0 Å². The van der Waals surface area contributed by atoms with Gasteiger partial charge in [-0.1, -0.05) is 51.0 Å². The second kappa shape index (κ2) is 9.30. The third kappa shape index (κ3) is 5.11. The molecule has 0 aromatic carbocycles. The second-order valence-corrected chi connectivity index (χ2v) is 11.3. The molecule has 0 saturated heterocycles. The number of allylic oxidation sites excluding steroid dienone is 3. The summed E-state index contributed by atoms with van der Waals surface area (Å²) in [6.45, 7) is 12.9. The number of aliphatic hydroxyl groups excluding tert-OH is 2. The summed E-state index contributed by atoms with van der Waals surface area (Å²) in [6, 6.07) is 0. The lowest BCUT2D eigenvalue weighted by Gasteiger charge is -2.44. The van der Waals surface area contributed by atoms with Gasteiger partial charge in [-0.05, 0) is 99.5 Å². The van der Waals surface area contributed by atoms with Crippen LogP contribution in [0.25, 0.3) is 0 Å². The maximum atomic E-state index is 10.4. The van der Waals surface area contributed by atoms with Crippen molar-refractivity contribution in [1.82, 2.24) is 0 Å². The minimum absolute atomic E-state index is 0.360. The highest BCUT2D eigenvalue weighted by atomic mass is 16.3. The van der Waals surface area contributed by atoms with Crippen molar-refractivity contribution in [2.24, 2.45) is 23.2 Å². The summed E-state index contributed by atoms with van der Waals surface area (Å²) in [6.07, 6.45) is 13.6. The largest absolute Gasteiger partial charge is 0.390 e. The maximum absolute atomic E-state index is 10.4. The van der Waals surface area contributed by atoms with Crippen LogP contribution in [0, 0.1) is 23.2 Å². The van der Waals surface area contributed by atoms with Crippen molar-refractivity contribution in [1.29, 1.82) is 0 Å². The number of fused-ring (bicyclic) bond motifs is 1. The van der Waals surface area contributed by atoms with E-state index in [4.69, 9.17) is 0 Å². The SMILES string of the molecule is C=C1CC[C@@H](O)C(O)/C1=C/C=C1\CCCC2(C)C1CCC2[C@H](C)CCCC(C)(C)O. The quantitative estimate of drug-likeness (QED) is 0.520. The van der Waals surface area contributed by atoms with Crippen molar-refractivity contribution in [3.8, 4) is 0 Å². The zero-order chi connectivity index (χ0) is 22.1. The fourth-order valence-electron chi connectivity index (χ4n) is 6.73. The summed E-state index contributed by atoms with van der Waals surface area (Å²) >= 11 is 0. The normalized spacial score (nSPS) is 38.8. The van der Waals surface area contributed by atoms with Crippen molar-refractivity contribution >= 4 is 0 Å². The molecule has 3 aliphatic rings. The predicted molar refractivity (Wildman–Crippen MR) is 124 cm³/mol. The van der Waals surface area contributed by atoms with E-state index in [-0.39, 0.29) is 0 Å². The molecule has 0 spiro atoms. The van der Waals surface area contributed by atoms with Crippen LogP contribution in [0.15, 0.2) is 35.5 Å². The molecule has 0 radical (unpaired) electrons. The Hall–Kier alpha value is -0.900. The highest BCUT2D eigenvalue weighted by Gasteiger charge is 2.50. The van der Waals surface area contributed by atoms with Crippen molar-refractivity contribution < 1.29 is 15.3 Å². The van der Waals surface area contributed by atoms with Crippen LogP contribution in [0.1, 0.15) is 91.9 Å². The van der Waals surface area contributed by atoms with Gasteiger partial charge in [-0.3, -0.25) is 0 Å². The number of rotatable bonds is 6. The van der Waals surface area contributed by atoms with E-state index in [1.165, 1.54) is 37.7 Å². The van der Waals surface area contributed by atoms with E-state index in [2.05, 4.69) is 32.6 Å². The summed E-state index contributed by atoms with van der Waals surface area (Å²) in [7, 11) is 0. The van der Waals surface area contributed by atoms with Gasteiger partial charge < -0.3 is 15.3 Å². The summed E-state index contributed by atoms with van der Waals surface area (Å²) in [4.78, 5) is 0. The lowest BCUT2D eigenvalue weighted by atomic mass is 9.60. The first-order valence-electron chi connectivity index (χ1n) is 12.2. The molecule has 3 heteroatoms. The van der Waals surface area contributed by atoms with Crippen molar-refractivity contribution in [2.45, 2.75) is 110 Å². The van der Waals surface area contributed by atoms with Crippen LogP contribution >= 0.6 is 0 Å². The number of hydrogen-bond donors (Lipinski definition) is 3. The average molecular weight is 417 g/mol. The Morgan fingerprint density at radius 3 is 2.60 bits per heavy atom. The topological polar surface area (TPSA) is 60.7 Å². The molecule has 3 rings (SSSR count). The number of aliphatic hydroxyl groups is 3. The second-order valence-electron chi connectivity index (χ2n) is 11.3. The molecule has 3 fully saturated rings.